The second-order valence-corrected chi connectivity index (χ2v) is 6.11. The lowest BCUT2D eigenvalue weighted by Gasteiger charge is -2.23. The van der Waals surface area contributed by atoms with Crippen molar-refractivity contribution in [2.45, 2.75) is 45.1 Å². The van der Waals surface area contributed by atoms with Crippen LogP contribution in [0.5, 0.6) is 5.75 Å². The van der Waals surface area contributed by atoms with Crippen LogP contribution >= 0.6 is 0 Å². The van der Waals surface area contributed by atoms with Crippen LogP contribution in [0.2, 0.25) is 0 Å². The number of carbonyl (C=O) groups excluding carboxylic acids is 2. The summed E-state index contributed by atoms with van der Waals surface area (Å²) in [7, 11) is 0. The molecule has 0 radical (unpaired) electrons. The number of hydrogen-bond donors (Lipinski definition) is 1. The van der Waals surface area contributed by atoms with Gasteiger partial charge in [0.1, 0.15) is 5.75 Å². The summed E-state index contributed by atoms with van der Waals surface area (Å²) in [5.74, 6) is 0.423. The van der Waals surface area contributed by atoms with E-state index in [2.05, 4.69) is 5.32 Å². The maximum Gasteiger partial charge on any atom is 0.270 e. The van der Waals surface area contributed by atoms with Crippen molar-refractivity contribution in [3.63, 3.8) is 0 Å². The minimum Gasteiger partial charge on any atom is -0.480 e. The summed E-state index contributed by atoms with van der Waals surface area (Å²) in [5.41, 5.74) is -0.144. The summed E-state index contributed by atoms with van der Waals surface area (Å²) < 4.78 is 5.51. The highest BCUT2D eigenvalue weighted by molar-refractivity contribution is 5.83. The van der Waals surface area contributed by atoms with Gasteiger partial charge >= 0.3 is 0 Å². The van der Waals surface area contributed by atoms with Gasteiger partial charge in [-0.15, -0.1) is 0 Å². The third kappa shape index (κ3) is 4.78. The Hall–Kier alpha value is -2.44. The Labute approximate surface area is 140 Å². The fourth-order valence-corrected chi connectivity index (χ4v) is 2.87. The first kappa shape index (κ1) is 17.9. The van der Waals surface area contributed by atoms with Gasteiger partial charge in [0, 0.05) is 18.7 Å². The van der Waals surface area contributed by atoms with Gasteiger partial charge in [0.05, 0.1) is 10.5 Å². The molecule has 0 bridgehead atoms. The van der Waals surface area contributed by atoms with Gasteiger partial charge in [-0.05, 0) is 31.7 Å². The Balaban J connectivity index is 1.92. The average molecular weight is 334 g/mol. The molecule has 1 aliphatic rings. The fraction of sp³-hybridized carbons (Fsp3) is 0.529. The van der Waals surface area contributed by atoms with Crippen molar-refractivity contribution in [1.82, 2.24) is 5.32 Å². The van der Waals surface area contributed by atoms with Crippen LogP contribution in [0.3, 0.4) is 0 Å². The Morgan fingerprint density at radius 2 is 2.12 bits per heavy atom. The minimum absolute atomic E-state index is 0.0520. The lowest BCUT2D eigenvalue weighted by Crippen LogP contribution is -2.39. The van der Waals surface area contributed by atoms with Crippen LogP contribution in [0.15, 0.2) is 18.2 Å². The maximum atomic E-state index is 12.1. The lowest BCUT2D eigenvalue weighted by atomic mass is 9.89. The highest BCUT2D eigenvalue weighted by Crippen LogP contribution is 2.24. The van der Waals surface area contributed by atoms with Crippen molar-refractivity contribution in [3.8, 4) is 5.75 Å². The van der Waals surface area contributed by atoms with E-state index < -0.39 is 11.0 Å². The molecular weight excluding hydrogens is 312 g/mol. The van der Waals surface area contributed by atoms with E-state index in [0.29, 0.717) is 18.7 Å². The number of rotatable bonds is 7. The largest absolute Gasteiger partial charge is 0.480 e. The molecule has 1 aliphatic carbocycles. The van der Waals surface area contributed by atoms with Crippen molar-refractivity contribution in [1.29, 1.82) is 0 Å². The number of nitrogens with zero attached hydrogens (tertiary/aromatic N) is 1. The molecule has 1 aromatic carbocycles. The van der Waals surface area contributed by atoms with Crippen LogP contribution in [0, 0.1) is 16.0 Å². The van der Waals surface area contributed by atoms with Gasteiger partial charge in [0.2, 0.25) is 0 Å². The number of aldehydes is 1. The van der Waals surface area contributed by atoms with Crippen LogP contribution in [0.4, 0.5) is 5.69 Å². The van der Waals surface area contributed by atoms with Crippen LogP contribution in [0.1, 0.15) is 49.4 Å². The Bertz CT molecular complexity index is 611. The lowest BCUT2D eigenvalue weighted by molar-refractivity contribution is -0.384. The highest BCUT2D eigenvalue weighted by atomic mass is 16.6. The Kier molecular flexibility index (Phi) is 6.28. The van der Waals surface area contributed by atoms with Crippen molar-refractivity contribution in [2.75, 3.05) is 6.54 Å². The molecule has 1 atom stereocenters. The minimum atomic E-state index is -0.784. The van der Waals surface area contributed by atoms with Crippen molar-refractivity contribution >= 4 is 17.9 Å². The van der Waals surface area contributed by atoms with Crippen LogP contribution in [0.25, 0.3) is 0 Å². The van der Waals surface area contributed by atoms with E-state index in [0.717, 1.165) is 18.9 Å². The quantitative estimate of drug-likeness (QED) is 0.469. The Morgan fingerprint density at radius 1 is 1.42 bits per heavy atom. The molecule has 0 heterocycles. The van der Waals surface area contributed by atoms with Crippen LogP contribution < -0.4 is 10.1 Å². The van der Waals surface area contributed by atoms with Gasteiger partial charge in [-0.25, -0.2) is 0 Å². The number of carbonyl (C=O) groups is 2. The number of nitrogens with one attached hydrogen (secondary N) is 1. The normalized spacial score (nSPS) is 16.2. The summed E-state index contributed by atoms with van der Waals surface area (Å²) in [6.45, 7) is 2.22. The number of ether oxygens (including phenoxy) is 1. The molecule has 1 aromatic rings. The highest BCUT2D eigenvalue weighted by Gasteiger charge is 2.20. The molecule has 1 N–H and O–H groups in total. The molecule has 1 fully saturated rings. The van der Waals surface area contributed by atoms with Crippen molar-refractivity contribution in [2.24, 2.45) is 5.92 Å². The number of benzene rings is 1. The molecular formula is C17H22N2O5. The first-order chi connectivity index (χ1) is 11.5. The number of amides is 1. The van der Waals surface area contributed by atoms with Gasteiger partial charge in [0.15, 0.2) is 12.4 Å². The SMILES string of the molecule is C[C@@H](Oc1ccc([N+](=O)[O-])cc1C=O)C(=O)NCC1CCCCC1. The van der Waals surface area contributed by atoms with Gasteiger partial charge in [-0.1, -0.05) is 19.3 Å². The van der Waals surface area contributed by atoms with E-state index >= 15 is 0 Å². The number of hydrogen-bond acceptors (Lipinski definition) is 5. The molecule has 24 heavy (non-hydrogen) atoms. The smallest absolute Gasteiger partial charge is 0.270 e. The predicted molar refractivity (Wildman–Crippen MR) is 88.2 cm³/mol. The van der Waals surface area contributed by atoms with Gasteiger partial charge in [-0.2, -0.15) is 0 Å². The summed E-state index contributed by atoms with van der Waals surface area (Å²) in [6.07, 6.45) is 5.64. The third-order valence-electron chi connectivity index (χ3n) is 4.29. The molecule has 0 aromatic heterocycles. The molecule has 7 nitrogen and oxygen atoms in total. The monoisotopic (exact) mass is 334 g/mol. The van der Waals surface area contributed by atoms with E-state index in [1.807, 2.05) is 0 Å². The second kappa shape index (κ2) is 8.42. The van der Waals surface area contributed by atoms with E-state index in [1.165, 1.54) is 31.4 Å². The second-order valence-electron chi connectivity index (χ2n) is 6.11. The van der Waals surface area contributed by atoms with E-state index in [1.54, 1.807) is 6.92 Å². The van der Waals surface area contributed by atoms with E-state index in [4.69, 9.17) is 4.74 Å². The van der Waals surface area contributed by atoms with Crippen LogP contribution in [-0.2, 0) is 4.79 Å². The first-order valence-electron chi connectivity index (χ1n) is 8.19. The molecule has 2 rings (SSSR count). The molecule has 0 aliphatic heterocycles. The average Bonchev–Trinajstić information content (AvgIpc) is 2.60. The number of nitro groups is 1. The van der Waals surface area contributed by atoms with Gasteiger partial charge in [0.25, 0.3) is 11.6 Å². The van der Waals surface area contributed by atoms with E-state index in [-0.39, 0.29) is 22.9 Å². The molecule has 0 unspecified atom stereocenters. The predicted octanol–water partition coefficient (Wildman–Crippen LogP) is 2.87. The summed E-state index contributed by atoms with van der Waals surface area (Å²) in [4.78, 5) is 33.4. The maximum absolute atomic E-state index is 12.1. The van der Waals surface area contributed by atoms with Crippen molar-refractivity contribution < 1.29 is 19.2 Å². The van der Waals surface area contributed by atoms with Crippen molar-refractivity contribution in [3.05, 3.63) is 33.9 Å². The molecule has 0 spiro atoms. The molecule has 7 heteroatoms. The first-order valence-corrected chi connectivity index (χ1v) is 8.19. The zero-order valence-electron chi connectivity index (χ0n) is 13.7. The van der Waals surface area contributed by atoms with Gasteiger partial charge < -0.3 is 10.1 Å². The zero-order valence-corrected chi connectivity index (χ0v) is 13.7. The topological polar surface area (TPSA) is 98.5 Å². The summed E-state index contributed by atoms with van der Waals surface area (Å²) >= 11 is 0. The summed E-state index contributed by atoms with van der Waals surface area (Å²) in [5, 5.41) is 13.6. The fourth-order valence-electron chi connectivity index (χ4n) is 2.87. The Morgan fingerprint density at radius 3 is 2.75 bits per heavy atom. The van der Waals surface area contributed by atoms with E-state index in [9.17, 15) is 19.7 Å². The summed E-state index contributed by atoms with van der Waals surface area (Å²) in [6, 6.07) is 3.72. The number of nitro benzene ring substituents is 1. The molecule has 0 saturated heterocycles. The van der Waals surface area contributed by atoms with Crippen LogP contribution in [-0.4, -0.2) is 29.8 Å². The van der Waals surface area contributed by atoms with Gasteiger partial charge in [-0.3, -0.25) is 19.7 Å². The molecule has 130 valence electrons. The molecule has 1 saturated carbocycles. The number of non-ortho nitro benzene ring substituents is 1. The molecule has 1 amide bonds. The third-order valence-corrected chi connectivity index (χ3v) is 4.29. The standard InChI is InChI=1S/C17H22N2O5/c1-12(17(21)18-10-13-5-3-2-4-6-13)24-16-8-7-15(19(22)23)9-14(16)11-20/h7-9,11-13H,2-6,10H2,1H3,(H,18,21)/t12-/m1/s1. The zero-order chi connectivity index (χ0) is 17.5.